The highest BCUT2D eigenvalue weighted by Crippen LogP contribution is 2.19. The summed E-state index contributed by atoms with van der Waals surface area (Å²) in [6, 6.07) is 0.443. The molecule has 2 saturated heterocycles. The monoisotopic (exact) mass is 247 g/mol. The third-order valence-corrected chi connectivity index (χ3v) is 5.82. The summed E-state index contributed by atoms with van der Waals surface area (Å²) in [5, 5.41) is 3.26. The Hall–Kier alpha value is -0.130. The highest BCUT2D eigenvalue weighted by Gasteiger charge is 2.31. The smallest absolute Gasteiger partial charge is 0.154 e. The molecule has 0 aromatic carbocycles. The molecule has 0 aromatic rings. The lowest BCUT2D eigenvalue weighted by molar-refractivity contribution is 0.142. The predicted molar refractivity (Wildman–Crippen MR) is 63.3 cm³/mol. The first-order chi connectivity index (χ1) is 7.68. The molecule has 2 aliphatic heterocycles. The van der Waals surface area contributed by atoms with Crippen LogP contribution in [0.15, 0.2) is 0 Å². The standard InChI is InChI=1S/C11H21NO3S/c13-16(14)8-2-4-11(16)9-12-10-3-1-6-15-7-5-10/h10-12H,1-9H2. The fraction of sp³-hybridized carbons (Fsp3) is 1.00. The van der Waals surface area contributed by atoms with Crippen molar-refractivity contribution in [1.29, 1.82) is 0 Å². The van der Waals surface area contributed by atoms with Crippen LogP contribution in [0.3, 0.4) is 0 Å². The van der Waals surface area contributed by atoms with Crippen LogP contribution in [-0.2, 0) is 14.6 Å². The Labute approximate surface area is 97.7 Å². The van der Waals surface area contributed by atoms with Gasteiger partial charge in [0, 0.05) is 25.8 Å². The molecule has 0 spiro atoms. The molecular formula is C11H21NO3S. The largest absolute Gasteiger partial charge is 0.381 e. The number of hydrogen-bond acceptors (Lipinski definition) is 4. The Kier molecular flexibility index (Phi) is 4.21. The molecule has 16 heavy (non-hydrogen) atoms. The molecule has 2 aliphatic rings. The maximum absolute atomic E-state index is 11.6. The van der Waals surface area contributed by atoms with E-state index in [9.17, 15) is 8.42 Å². The highest BCUT2D eigenvalue weighted by atomic mass is 32.2. The van der Waals surface area contributed by atoms with Crippen molar-refractivity contribution in [2.45, 2.75) is 43.4 Å². The molecule has 2 fully saturated rings. The number of ether oxygens (including phenoxy) is 1. The van der Waals surface area contributed by atoms with Gasteiger partial charge in [0.25, 0.3) is 0 Å². The Bertz CT molecular complexity index is 307. The normalized spacial score (nSPS) is 34.8. The van der Waals surface area contributed by atoms with Gasteiger partial charge in [0.2, 0.25) is 0 Å². The minimum absolute atomic E-state index is 0.142. The molecule has 1 N–H and O–H groups in total. The fourth-order valence-corrected chi connectivity index (χ4v) is 4.27. The summed E-state index contributed by atoms with van der Waals surface area (Å²) in [6.07, 6.45) is 4.86. The summed E-state index contributed by atoms with van der Waals surface area (Å²) < 4.78 is 28.7. The molecular weight excluding hydrogens is 226 g/mol. The predicted octanol–water partition coefficient (Wildman–Crippen LogP) is 0.722. The zero-order valence-corrected chi connectivity index (χ0v) is 10.5. The lowest BCUT2D eigenvalue weighted by Crippen LogP contribution is -2.37. The zero-order chi connectivity index (χ0) is 11.4. The van der Waals surface area contributed by atoms with Crippen molar-refractivity contribution < 1.29 is 13.2 Å². The summed E-state index contributed by atoms with van der Waals surface area (Å²) in [7, 11) is -2.79. The van der Waals surface area contributed by atoms with E-state index in [0.29, 0.717) is 18.3 Å². The SMILES string of the molecule is O=S1(=O)CCCC1CNC1CCCOCC1. The van der Waals surface area contributed by atoms with Gasteiger partial charge in [-0.05, 0) is 32.1 Å². The van der Waals surface area contributed by atoms with Gasteiger partial charge in [0.1, 0.15) is 0 Å². The highest BCUT2D eigenvalue weighted by molar-refractivity contribution is 7.92. The summed E-state index contributed by atoms with van der Waals surface area (Å²) >= 11 is 0. The first-order valence-corrected chi connectivity index (χ1v) is 7.93. The van der Waals surface area contributed by atoms with Crippen molar-refractivity contribution in [3.8, 4) is 0 Å². The van der Waals surface area contributed by atoms with Crippen LogP contribution >= 0.6 is 0 Å². The first-order valence-electron chi connectivity index (χ1n) is 6.21. The van der Waals surface area contributed by atoms with E-state index in [2.05, 4.69) is 5.32 Å². The van der Waals surface area contributed by atoms with Gasteiger partial charge in [0.15, 0.2) is 9.84 Å². The van der Waals surface area contributed by atoms with Gasteiger partial charge in [-0.3, -0.25) is 0 Å². The number of sulfone groups is 1. The van der Waals surface area contributed by atoms with Gasteiger partial charge in [-0.2, -0.15) is 0 Å². The number of hydrogen-bond donors (Lipinski definition) is 1. The van der Waals surface area contributed by atoms with Crippen LogP contribution in [0, 0.1) is 0 Å². The minimum Gasteiger partial charge on any atom is -0.381 e. The van der Waals surface area contributed by atoms with Crippen LogP contribution in [0.4, 0.5) is 0 Å². The second-order valence-electron chi connectivity index (χ2n) is 4.78. The lowest BCUT2D eigenvalue weighted by atomic mass is 10.1. The van der Waals surface area contributed by atoms with E-state index in [0.717, 1.165) is 45.3 Å². The van der Waals surface area contributed by atoms with Crippen LogP contribution in [0.25, 0.3) is 0 Å². The van der Waals surface area contributed by atoms with E-state index in [1.165, 1.54) is 0 Å². The summed E-state index contributed by atoms with van der Waals surface area (Å²) in [5.41, 5.74) is 0. The van der Waals surface area contributed by atoms with Gasteiger partial charge in [0.05, 0.1) is 11.0 Å². The molecule has 0 amide bonds. The van der Waals surface area contributed by atoms with Crippen molar-refractivity contribution in [2.75, 3.05) is 25.5 Å². The van der Waals surface area contributed by atoms with Crippen molar-refractivity contribution in [2.24, 2.45) is 0 Å². The Morgan fingerprint density at radius 2 is 2.00 bits per heavy atom. The molecule has 0 radical (unpaired) electrons. The summed E-state index contributed by atoms with van der Waals surface area (Å²) in [4.78, 5) is 0. The third-order valence-electron chi connectivity index (χ3n) is 3.55. The molecule has 2 rings (SSSR count). The number of rotatable bonds is 3. The molecule has 2 unspecified atom stereocenters. The second-order valence-corrected chi connectivity index (χ2v) is 7.18. The van der Waals surface area contributed by atoms with E-state index in [-0.39, 0.29) is 5.25 Å². The average molecular weight is 247 g/mol. The molecule has 5 heteroatoms. The molecule has 0 aromatic heterocycles. The van der Waals surface area contributed by atoms with Gasteiger partial charge in [-0.1, -0.05) is 0 Å². The van der Waals surface area contributed by atoms with Crippen LogP contribution in [0.5, 0.6) is 0 Å². The molecule has 0 aliphatic carbocycles. The van der Waals surface area contributed by atoms with Gasteiger partial charge in [-0.15, -0.1) is 0 Å². The second kappa shape index (κ2) is 5.47. The van der Waals surface area contributed by atoms with Crippen molar-refractivity contribution in [3.63, 3.8) is 0 Å². The van der Waals surface area contributed by atoms with E-state index in [4.69, 9.17) is 4.74 Å². The lowest BCUT2D eigenvalue weighted by Gasteiger charge is -2.18. The first kappa shape index (κ1) is 12.3. The third kappa shape index (κ3) is 3.18. The van der Waals surface area contributed by atoms with Crippen molar-refractivity contribution in [1.82, 2.24) is 5.32 Å². The van der Waals surface area contributed by atoms with Crippen LogP contribution in [0.2, 0.25) is 0 Å². The van der Waals surface area contributed by atoms with Crippen LogP contribution < -0.4 is 5.32 Å². The molecule has 0 bridgehead atoms. The minimum atomic E-state index is -2.79. The van der Waals surface area contributed by atoms with Crippen molar-refractivity contribution in [3.05, 3.63) is 0 Å². The topological polar surface area (TPSA) is 55.4 Å². The van der Waals surface area contributed by atoms with Crippen molar-refractivity contribution >= 4 is 9.84 Å². The average Bonchev–Trinajstić information content (AvgIpc) is 2.48. The van der Waals surface area contributed by atoms with Crippen LogP contribution in [-0.4, -0.2) is 45.2 Å². The molecule has 2 atom stereocenters. The zero-order valence-electron chi connectivity index (χ0n) is 9.65. The van der Waals surface area contributed by atoms with Gasteiger partial charge in [-0.25, -0.2) is 8.42 Å². The molecule has 94 valence electrons. The number of nitrogens with one attached hydrogen (secondary N) is 1. The Balaban J connectivity index is 1.78. The van der Waals surface area contributed by atoms with Gasteiger partial charge < -0.3 is 10.1 Å². The Morgan fingerprint density at radius 3 is 2.75 bits per heavy atom. The maximum atomic E-state index is 11.6. The summed E-state index contributed by atoms with van der Waals surface area (Å²) in [5.74, 6) is 0.382. The van der Waals surface area contributed by atoms with Crippen LogP contribution in [0.1, 0.15) is 32.1 Å². The summed E-state index contributed by atoms with van der Waals surface area (Å²) in [6.45, 7) is 2.28. The molecule has 4 nitrogen and oxygen atoms in total. The van der Waals surface area contributed by atoms with E-state index < -0.39 is 9.84 Å². The molecule has 2 heterocycles. The van der Waals surface area contributed by atoms with Gasteiger partial charge >= 0.3 is 0 Å². The fourth-order valence-electron chi connectivity index (χ4n) is 2.49. The van der Waals surface area contributed by atoms with E-state index in [1.54, 1.807) is 0 Å². The van der Waals surface area contributed by atoms with E-state index >= 15 is 0 Å². The molecule has 0 saturated carbocycles. The van der Waals surface area contributed by atoms with E-state index in [1.807, 2.05) is 0 Å². The quantitative estimate of drug-likeness (QED) is 0.798. The Morgan fingerprint density at radius 1 is 1.12 bits per heavy atom. The maximum Gasteiger partial charge on any atom is 0.154 e.